The zero-order valence-electron chi connectivity index (χ0n) is 9.03. The highest BCUT2D eigenvalue weighted by Gasteiger charge is 2.18. The number of nitrogens with two attached hydrogens (primary N) is 1. The van der Waals surface area contributed by atoms with E-state index in [2.05, 4.69) is 4.99 Å². The standard InChI is InChI=1S/C12H15ClN2O/c13-11-4-2-1-3-9(11)7-12-15-10(5-6-14)8-16-12/h1-4,10H,5-8,14H2. The van der Waals surface area contributed by atoms with E-state index < -0.39 is 0 Å². The maximum atomic E-state index is 6.07. The predicted octanol–water partition coefficient (Wildman–Crippen LogP) is 2.03. The largest absolute Gasteiger partial charge is 0.478 e. The summed E-state index contributed by atoms with van der Waals surface area (Å²) in [5, 5.41) is 0.760. The highest BCUT2D eigenvalue weighted by atomic mass is 35.5. The molecule has 0 saturated heterocycles. The van der Waals surface area contributed by atoms with Crippen LogP contribution in [-0.4, -0.2) is 25.1 Å². The van der Waals surface area contributed by atoms with Crippen molar-refractivity contribution in [3.63, 3.8) is 0 Å². The van der Waals surface area contributed by atoms with E-state index in [4.69, 9.17) is 22.1 Å². The van der Waals surface area contributed by atoms with E-state index in [-0.39, 0.29) is 6.04 Å². The molecule has 0 aromatic heterocycles. The Morgan fingerprint density at radius 1 is 1.44 bits per heavy atom. The molecule has 16 heavy (non-hydrogen) atoms. The molecule has 0 bridgehead atoms. The van der Waals surface area contributed by atoms with Crippen molar-refractivity contribution in [1.29, 1.82) is 0 Å². The lowest BCUT2D eigenvalue weighted by Gasteiger charge is -2.03. The molecule has 4 heteroatoms. The molecule has 1 unspecified atom stereocenters. The van der Waals surface area contributed by atoms with Crippen molar-refractivity contribution in [2.45, 2.75) is 18.9 Å². The Morgan fingerprint density at radius 3 is 3.00 bits per heavy atom. The molecule has 86 valence electrons. The van der Waals surface area contributed by atoms with Crippen molar-refractivity contribution in [1.82, 2.24) is 0 Å². The van der Waals surface area contributed by atoms with Crippen molar-refractivity contribution < 1.29 is 4.74 Å². The van der Waals surface area contributed by atoms with E-state index in [9.17, 15) is 0 Å². The third-order valence-corrected chi connectivity index (χ3v) is 2.94. The number of ether oxygens (including phenoxy) is 1. The van der Waals surface area contributed by atoms with Gasteiger partial charge in [0.05, 0.1) is 6.04 Å². The summed E-state index contributed by atoms with van der Waals surface area (Å²) in [4.78, 5) is 4.47. The normalized spacial score (nSPS) is 19.4. The van der Waals surface area contributed by atoms with E-state index in [1.54, 1.807) is 0 Å². The van der Waals surface area contributed by atoms with Crippen LogP contribution in [0.4, 0.5) is 0 Å². The van der Waals surface area contributed by atoms with Gasteiger partial charge in [0.1, 0.15) is 6.61 Å². The van der Waals surface area contributed by atoms with Gasteiger partial charge in [0.25, 0.3) is 0 Å². The lowest BCUT2D eigenvalue weighted by Crippen LogP contribution is -2.12. The Labute approximate surface area is 100 Å². The van der Waals surface area contributed by atoms with E-state index in [1.165, 1.54) is 0 Å². The molecule has 1 aliphatic rings. The van der Waals surface area contributed by atoms with Crippen LogP contribution in [0.5, 0.6) is 0 Å². The summed E-state index contributed by atoms with van der Waals surface area (Å²) in [6.07, 6.45) is 1.55. The fourth-order valence-corrected chi connectivity index (χ4v) is 1.91. The number of rotatable bonds is 4. The molecule has 2 N–H and O–H groups in total. The monoisotopic (exact) mass is 238 g/mol. The first-order chi connectivity index (χ1) is 7.79. The van der Waals surface area contributed by atoms with E-state index in [1.807, 2.05) is 24.3 Å². The average molecular weight is 239 g/mol. The fraction of sp³-hybridized carbons (Fsp3) is 0.417. The van der Waals surface area contributed by atoms with Crippen LogP contribution in [0.1, 0.15) is 12.0 Å². The summed E-state index contributed by atoms with van der Waals surface area (Å²) in [6.45, 7) is 1.30. The second-order valence-corrected chi connectivity index (χ2v) is 4.24. The highest BCUT2D eigenvalue weighted by Crippen LogP contribution is 2.18. The Kier molecular flexibility index (Phi) is 3.80. The smallest absolute Gasteiger partial charge is 0.188 e. The Hall–Kier alpha value is -1.06. The van der Waals surface area contributed by atoms with Crippen molar-refractivity contribution in [3.05, 3.63) is 34.9 Å². The van der Waals surface area contributed by atoms with Crippen LogP contribution < -0.4 is 5.73 Å². The van der Waals surface area contributed by atoms with Gasteiger partial charge in [-0.3, -0.25) is 0 Å². The number of nitrogens with zero attached hydrogens (tertiary/aromatic N) is 1. The molecule has 1 aromatic rings. The second-order valence-electron chi connectivity index (χ2n) is 3.83. The molecule has 1 aliphatic heterocycles. The molecular weight excluding hydrogens is 224 g/mol. The topological polar surface area (TPSA) is 47.6 Å². The number of aliphatic imine (C=N–C) groups is 1. The van der Waals surface area contributed by atoms with Crippen LogP contribution in [0.3, 0.4) is 0 Å². The predicted molar refractivity (Wildman–Crippen MR) is 66.0 cm³/mol. The van der Waals surface area contributed by atoms with Crippen LogP contribution in [0.15, 0.2) is 29.3 Å². The minimum Gasteiger partial charge on any atom is -0.478 e. The Morgan fingerprint density at radius 2 is 2.25 bits per heavy atom. The molecule has 2 rings (SSSR count). The third-order valence-electron chi connectivity index (χ3n) is 2.57. The van der Waals surface area contributed by atoms with E-state index >= 15 is 0 Å². The van der Waals surface area contributed by atoms with Crippen molar-refractivity contribution in [2.24, 2.45) is 10.7 Å². The van der Waals surface area contributed by atoms with Gasteiger partial charge in [-0.1, -0.05) is 29.8 Å². The first kappa shape index (κ1) is 11.4. The minimum absolute atomic E-state index is 0.225. The molecule has 1 aromatic carbocycles. The van der Waals surface area contributed by atoms with Crippen LogP contribution in [-0.2, 0) is 11.2 Å². The summed E-state index contributed by atoms with van der Waals surface area (Å²) in [5.41, 5.74) is 6.54. The molecule has 0 spiro atoms. The zero-order chi connectivity index (χ0) is 11.4. The van der Waals surface area contributed by atoms with Crippen LogP contribution in [0.25, 0.3) is 0 Å². The third kappa shape index (κ3) is 2.74. The first-order valence-corrected chi connectivity index (χ1v) is 5.80. The molecule has 0 aliphatic carbocycles. The average Bonchev–Trinajstić information content (AvgIpc) is 2.70. The molecule has 0 fully saturated rings. The lowest BCUT2D eigenvalue weighted by molar-refractivity contribution is 0.307. The number of halogens is 1. The summed E-state index contributed by atoms with van der Waals surface area (Å²) in [5.74, 6) is 0.770. The van der Waals surface area contributed by atoms with Gasteiger partial charge in [-0.15, -0.1) is 0 Å². The molecule has 0 saturated carbocycles. The molecule has 0 radical (unpaired) electrons. The maximum absolute atomic E-state index is 6.07. The molecular formula is C12H15ClN2O. The van der Waals surface area contributed by atoms with Gasteiger partial charge in [0, 0.05) is 11.4 Å². The minimum atomic E-state index is 0.225. The number of hydrogen-bond acceptors (Lipinski definition) is 3. The Bertz CT molecular complexity index is 392. The van der Waals surface area contributed by atoms with Crippen LogP contribution in [0, 0.1) is 0 Å². The number of benzene rings is 1. The summed E-state index contributed by atoms with van der Waals surface area (Å²) >= 11 is 6.07. The van der Waals surface area contributed by atoms with E-state index in [0.717, 1.165) is 22.9 Å². The SMILES string of the molecule is NCCC1COC(Cc2ccccc2Cl)=N1. The van der Waals surface area contributed by atoms with Gasteiger partial charge in [0.2, 0.25) is 0 Å². The van der Waals surface area contributed by atoms with Gasteiger partial charge in [-0.05, 0) is 24.6 Å². The summed E-state index contributed by atoms with van der Waals surface area (Å²) in [6, 6.07) is 7.98. The van der Waals surface area contributed by atoms with Gasteiger partial charge in [-0.25, -0.2) is 4.99 Å². The number of hydrogen-bond donors (Lipinski definition) is 1. The second kappa shape index (κ2) is 5.32. The van der Waals surface area contributed by atoms with E-state index in [0.29, 0.717) is 19.6 Å². The molecule has 1 heterocycles. The van der Waals surface area contributed by atoms with Crippen molar-refractivity contribution in [2.75, 3.05) is 13.2 Å². The van der Waals surface area contributed by atoms with Gasteiger partial charge >= 0.3 is 0 Å². The summed E-state index contributed by atoms with van der Waals surface area (Å²) in [7, 11) is 0. The quantitative estimate of drug-likeness (QED) is 0.873. The van der Waals surface area contributed by atoms with Gasteiger partial charge in [-0.2, -0.15) is 0 Å². The Balaban J connectivity index is 2.01. The first-order valence-electron chi connectivity index (χ1n) is 5.42. The van der Waals surface area contributed by atoms with Crippen molar-refractivity contribution in [3.8, 4) is 0 Å². The lowest BCUT2D eigenvalue weighted by atomic mass is 10.1. The molecule has 1 atom stereocenters. The van der Waals surface area contributed by atoms with Gasteiger partial charge < -0.3 is 10.5 Å². The fourth-order valence-electron chi connectivity index (χ4n) is 1.71. The van der Waals surface area contributed by atoms with Crippen LogP contribution >= 0.6 is 11.6 Å². The van der Waals surface area contributed by atoms with Gasteiger partial charge in [0.15, 0.2) is 5.90 Å². The zero-order valence-corrected chi connectivity index (χ0v) is 9.78. The molecule has 0 amide bonds. The maximum Gasteiger partial charge on any atom is 0.188 e. The highest BCUT2D eigenvalue weighted by molar-refractivity contribution is 6.31. The van der Waals surface area contributed by atoms with Crippen molar-refractivity contribution >= 4 is 17.5 Å². The van der Waals surface area contributed by atoms with Crippen LogP contribution in [0.2, 0.25) is 5.02 Å². The molecule has 3 nitrogen and oxygen atoms in total. The summed E-state index contributed by atoms with van der Waals surface area (Å²) < 4.78 is 5.51.